The Kier molecular flexibility index (Phi) is 7.69. The molecule has 1 aliphatic heterocycles. The molecule has 2 fully saturated rings. The molecule has 240 valence electrons. The third kappa shape index (κ3) is 6.03. The van der Waals surface area contributed by atoms with Gasteiger partial charge in [0.15, 0.2) is 0 Å². The summed E-state index contributed by atoms with van der Waals surface area (Å²) in [6.07, 6.45) is -2.48. The molecule has 3 aromatic carbocycles. The Labute approximate surface area is 254 Å². The zero-order chi connectivity index (χ0) is 32.3. The van der Waals surface area contributed by atoms with Gasteiger partial charge in [-0.1, -0.05) is 12.1 Å². The van der Waals surface area contributed by atoms with Crippen LogP contribution in [0.5, 0.6) is 11.5 Å². The van der Waals surface area contributed by atoms with E-state index in [1.165, 1.54) is 18.2 Å². The molecule has 1 N–H and O–H groups in total. The van der Waals surface area contributed by atoms with Gasteiger partial charge in [-0.3, -0.25) is 9.10 Å². The number of nitrogens with zero attached hydrogens (tertiary/aromatic N) is 1. The molecule has 3 aromatic rings. The SMILES string of the molecule is O=C(O)[C@H]1CC12CCC([C@@H]1CN(S(=O)(=O)c3cccc(C(F)(F)F)c3)c3cc(-c4cc(F)cc(OC(F)F)c4)ccc3O1)CC2. The molecule has 0 saturated heterocycles. The minimum atomic E-state index is -4.80. The molecular formula is C31H27F6NO6S. The number of fused-ring (bicyclic) bond motifs is 1. The summed E-state index contributed by atoms with van der Waals surface area (Å²) in [5, 5.41) is 9.44. The van der Waals surface area contributed by atoms with Gasteiger partial charge in [0, 0.05) is 6.07 Å². The van der Waals surface area contributed by atoms with Crippen LogP contribution in [0.4, 0.5) is 32.0 Å². The van der Waals surface area contributed by atoms with E-state index in [0.29, 0.717) is 38.2 Å². The number of halogens is 6. The first-order valence-corrected chi connectivity index (χ1v) is 15.6. The van der Waals surface area contributed by atoms with E-state index in [2.05, 4.69) is 4.74 Å². The molecule has 0 aromatic heterocycles. The fraction of sp³-hybridized carbons (Fsp3) is 0.387. The standard InChI is InChI=1S/C31H27F6NO6S/c32-21-10-19(11-22(14-21)43-29(33)34)18-4-5-26-25(12-18)38(45(41,42)23-3-1-2-20(13-23)31(35,36)37)16-27(44-26)17-6-8-30(9-7-17)15-24(30)28(39)40/h1-5,10-14,17,24,27,29H,6-9,15-16H2,(H,39,40)/t17?,24-,27+,30?/m1/s1. The number of alkyl halides is 5. The lowest BCUT2D eigenvalue weighted by molar-refractivity contribution is -0.140. The van der Waals surface area contributed by atoms with E-state index in [1.54, 1.807) is 0 Å². The topological polar surface area (TPSA) is 93.1 Å². The number of rotatable bonds is 7. The summed E-state index contributed by atoms with van der Waals surface area (Å²) in [6.45, 7) is -3.47. The summed E-state index contributed by atoms with van der Waals surface area (Å²) >= 11 is 0. The Morgan fingerprint density at radius 2 is 1.76 bits per heavy atom. The molecule has 3 aliphatic rings. The Hall–Kier alpha value is -3.94. The summed E-state index contributed by atoms with van der Waals surface area (Å²) in [7, 11) is -4.61. The first kappa shape index (κ1) is 31.1. The summed E-state index contributed by atoms with van der Waals surface area (Å²) < 4.78 is 120. The van der Waals surface area contributed by atoms with E-state index >= 15 is 0 Å². The van der Waals surface area contributed by atoms with Crippen molar-refractivity contribution in [1.82, 2.24) is 0 Å². The number of ether oxygens (including phenoxy) is 2. The quantitative estimate of drug-likeness (QED) is 0.268. The third-order valence-corrected chi connectivity index (χ3v) is 10.8. The highest BCUT2D eigenvalue weighted by Gasteiger charge is 2.59. The number of anilines is 1. The second-order valence-electron chi connectivity index (χ2n) is 11.7. The van der Waals surface area contributed by atoms with Crippen molar-refractivity contribution in [1.29, 1.82) is 0 Å². The lowest BCUT2D eigenvalue weighted by atomic mass is 9.76. The first-order chi connectivity index (χ1) is 21.2. The molecule has 45 heavy (non-hydrogen) atoms. The Morgan fingerprint density at radius 3 is 2.40 bits per heavy atom. The van der Waals surface area contributed by atoms with Crippen molar-refractivity contribution in [3.63, 3.8) is 0 Å². The van der Waals surface area contributed by atoms with Gasteiger partial charge < -0.3 is 14.6 Å². The van der Waals surface area contributed by atoms with Crippen molar-refractivity contribution in [2.75, 3.05) is 10.8 Å². The largest absolute Gasteiger partial charge is 0.486 e. The maximum Gasteiger partial charge on any atom is 0.416 e. The molecule has 2 aliphatic carbocycles. The molecule has 14 heteroatoms. The zero-order valence-electron chi connectivity index (χ0n) is 23.4. The van der Waals surface area contributed by atoms with Gasteiger partial charge in [-0.2, -0.15) is 22.0 Å². The highest BCUT2D eigenvalue weighted by atomic mass is 32.2. The maximum absolute atomic E-state index is 14.3. The van der Waals surface area contributed by atoms with Crippen LogP contribution in [0.3, 0.4) is 0 Å². The average Bonchev–Trinajstić information content (AvgIpc) is 3.69. The lowest BCUT2D eigenvalue weighted by Crippen LogP contribution is -2.47. The summed E-state index contributed by atoms with van der Waals surface area (Å²) in [5.41, 5.74) is -1.15. The van der Waals surface area contributed by atoms with E-state index in [0.717, 1.165) is 40.7 Å². The molecule has 1 heterocycles. The van der Waals surface area contributed by atoms with E-state index in [4.69, 9.17) is 4.74 Å². The van der Waals surface area contributed by atoms with Crippen LogP contribution >= 0.6 is 0 Å². The van der Waals surface area contributed by atoms with E-state index in [1.807, 2.05) is 0 Å². The Bertz CT molecular complexity index is 1740. The monoisotopic (exact) mass is 655 g/mol. The van der Waals surface area contributed by atoms with Crippen molar-refractivity contribution in [2.24, 2.45) is 17.3 Å². The van der Waals surface area contributed by atoms with Crippen LogP contribution in [0.15, 0.2) is 65.6 Å². The molecule has 0 bridgehead atoms. The first-order valence-electron chi connectivity index (χ1n) is 14.2. The van der Waals surface area contributed by atoms with Gasteiger partial charge in [0.25, 0.3) is 10.0 Å². The van der Waals surface area contributed by atoms with Crippen molar-refractivity contribution in [3.8, 4) is 22.6 Å². The Morgan fingerprint density at radius 1 is 1.02 bits per heavy atom. The van der Waals surface area contributed by atoms with E-state index in [-0.39, 0.29) is 40.4 Å². The molecule has 0 unspecified atom stereocenters. The molecule has 2 saturated carbocycles. The van der Waals surface area contributed by atoms with Crippen LogP contribution in [-0.2, 0) is 21.0 Å². The van der Waals surface area contributed by atoms with Gasteiger partial charge in [-0.05, 0) is 97.0 Å². The normalized spacial score (nSPS) is 24.7. The number of carboxylic acids is 1. The fourth-order valence-corrected chi connectivity index (χ4v) is 8.15. The summed E-state index contributed by atoms with van der Waals surface area (Å²) in [5.74, 6) is -2.63. The zero-order valence-corrected chi connectivity index (χ0v) is 24.3. The predicted molar refractivity (Wildman–Crippen MR) is 149 cm³/mol. The number of carbonyl (C=O) groups is 1. The number of hydrogen-bond acceptors (Lipinski definition) is 5. The van der Waals surface area contributed by atoms with Gasteiger partial charge in [0.05, 0.1) is 28.6 Å². The molecule has 6 rings (SSSR count). The van der Waals surface area contributed by atoms with E-state index < -0.39 is 62.8 Å². The van der Waals surface area contributed by atoms with Gasteiger partial charge >= 0.3 is 18.8 Å². The van der Waals surface area contributed by atoms with Gasteiger partial charge in [0.1, 0.15) is 23.4 Å². The second kappa shape index (κ2) is 11.1. The highest BCUT2D eigenvalue weighted by Crippen LogP contribution is 2.62. The number of aliphatic carboxylic acids is 1. The Balaban J connectivity index is 1.38. The second-order valence-corrected chi connectivity index (χ2v) is 13.6. The van der Waals surface area contributed by atoms with Crippen LogP contribution in [0, 0.1) is 23.1 Å². The number of benzene rings is 3. The minimum Gasteiger partial charge on any atom is -0.486 e. The highest BCUT2D eigenvalue weighted by molar-refractivity contribution is 7.92. The van der Waals surface area contributed by atoms with Crippen LogP contribution in [-0.4, -0.2) is 38.8 Å². The number of sulfonamides is 1. The fourth-order valence-electron chi connectivity index (χ4n) is 6.62. The van der Waals surface area contributed by atoms with Gasteiger partial charge in [0.2, 0.25) is 0 Å². The smallest absolute Gasteiger partial charge is 0.416 e. The third-order valence-electron chi connectivity index (χ3n) is 9.07. The van der Waals surface area contributed by atoms with Crippen molar-refractivity contribution in [2.45, 2.75) is 55.9 Å². The van der Waals surface area contributed by atoms with Crippen molar-refractivity contribution in [3.05, 3.63) is 72.0 Å². The predicted octanol–water partition coefficient (Wildman–Crippen LogP) is 7.35. The van der Waals surface area contributed by atoms with Crippen LogP contribution < -0.4 is 13.8 Å². The van der Waals surface area contributed by atoms with E-state index in [9.17, 15) is 44.7 Å². The van der Waals surface area contributed by atoms with Gasteiger partial charge in [-0.15, -0.1) is 0 Å². The van der Waals surface area contributed by atoms with Crippen LogP contribution in [0.1, 0.15) is 37.7 Å². The lowest BCUT2D eigenvalue weighted by Gasteiger charge is -2.41. The molecule has 1 spiro atoms. The summed E-state index contributed by atoms with van der Waals surface area (Å²) in [4.78, 5) is 10.9. The molecular weight excluding hydrogens is 628 g/mol. The maximum atomic E-state index is 14.3. The molecule has 7 nitrogen and oxygen atoms in total. The summed E-state index contributed by atoms with van der Waals surface area (Å²) in [6, 6.07) is 10.6. The van der Waals surface area contributed by atoms with Crippen LogP contribution in [0.25, 0.3) is 11.1 Å². The van der Waals surface area contributed by atoms with Crippen molar-refractivity contribution >= 4 is 21.7 Å². The van der Waals surface area contributed by atoms with Crippen LogP contribution in [0.2, 0.25) is 0 Å². The minimum absolute atomic E-state index is 0.0258. The van der Waals surface area contributed by atoms with Gasteiger partial charge in [-0.25, -0.2) is 12.8 Å². The average molecular weight is 656 g/mol. The molecule has 2 atom stereocenters. The molecule has 0 amide bonds. The number of carboxylic acid groups (broad SMARTS) is 1. The molecule has 0 radical (unpaired) electrons. The van der Waals surface area contributed by atoms with Crippen molar-refractivity contribution < 1.29 is 54.1 Å². The number of hydrogen-bond donors (Lipinski definition) is 1.